The van der Waals surface area contributed by atoms with Crippen molar-refractivity contribution in [3.8, 4) is 11.6 Å². The fourth-order valence-electron chi connectivity index (χ4n) is 1.69. The average molecular weight is 291 g/mol. The van der Waals surface area contributed by atoms with E-state index in [0.29, 0.717) is 29.9 Å². The molecule has 2 aromatic rings. The molecule has 0 unspecified atom stereocenters. The molecule has 6 heteroatoms. The molecule has 0 saturated carbocycles. The van der Waals surface area contributed by atoms with Crippen LogP contribution in [0, 0.1) is 5.82 Å². The Labute approximate surface area is 123 Å². The summed E-state index contributed by atoms with van der Waals surface area (Å²) in [5, 5.41) is 3.18. The van der Waals surface area contributed by atoms with Crippen molar-refractivity contribution in [1.82, 2.24) is 9.97 Å². The van der Waals surface area contributed by atoms with Crippen LogP contribution in [0.2, 0.25) is 0 Å². The minimum Gasteiger partial charge on any atom is -0.439 e. The van der Waals surface area contributed by atoms with Gasteiger partial charge in [-0.05, 0) is 30.7 Å². The summed E-state index contributed by atoms with van der Waals surface area (Å²) < 4.78 is 23.6. The fourth-order valence-corrected chi connectivity index (χ4v) is 1.69. The molecule has 1 N–H and O–H groups in total. The zero-order valence-corrected chi connectivity index (χ0v) is 12.1. The third-order valence-electron chi connectivity index (χ3n) is 2.61. The number of benzene rings is 1. The molecule has 1 aromatic heterocycles. The highest BCUT2D eigenvalue weighted by atomic mass is 19.1. The number of hydrogen-bond donors (Lipinski definition) is 1. The van der Waals surface area contributed by atoms with Crippen LogP contribution in [-0.4, -0.2) is 23.6 Å². The molecule has 0 atom stereocenters. The van der Waals surface area contributed by atoms with Crippen molar-refractivity contribution in [3.63, 3.8) is 0 Å². The van der Waals surface area contributed by atoms with Crippen molar-refractivity contribution in [3.05, 3.63) is 42.0 Å². The van der Waals surface area contributed by atoms with Crippen molar-refractivity contribution in [1.29, 1.82) is 0 Å². The van der Waals surface area contributed by atoms with Gasteiger partial charge in [-0.15, -0.1) is 0 Å². The molecule has 0 amide bonds. The Morgan fingerprint density at radius 3 is 2.62 bits per heavy atom. The average Bonchev–Trinajstić information content (AvgIpc) is 2.48. The lowest BCUT2D eigenvalue weighted by Crippen LogP contribution is -2.06. The molecule has 5 nitrogen and oxygen atoms in total. The number of methoxy groups -OCH3 is 1. The van der Waals surface area contributed by atoms with E-state index in [1.54, 1.807) is 25.3 Å². The van der Waals surface area contributed by atoms with Gasteiger partial charge < -0.3 is 14.8 Å². The van der Waals surface area contributed by atoms with Crippen molar-refractivity contribution < 1.29 is 13.9 Å². The van der Waals surface area contributed by atoms with Crippen LogP contribution in [0.3, 0.4) is 0 Å². The quantitative estimate of drug-likeness (QED) is 0.847. The van der Waals surface area contributed by atoms with Gasteiger partial charge in [-0.25, -0.2) is 9.37 Å². The Hall–Kier alpha value is -2.21. The third-order valence-corrected chi connectivity index (χ3v) is 2.61. The molecule has 0 saturated heterocycles. The van der Waals surface area contributed by atoms with E-state index in [4.69, 9.17) is 9.47 Å². The lowest BCUT2D eigenvalue weighted by atomic mass is 10.3. The first-order valence-electron chi connectivity index (χ1n) is 6.75. The summed E-state index contributed by atoms with van der Waals surface area (Å²) in [5.41, 5.74) is 0. The highest BCUT2D eigenvalue weighted by molar-refractivity contribution is 5.40. The van der Waals surface area contributed by atoms with Gasteiger partial charge in [-0.2, -0.15) is 4.98 Å². The van der Waals surface area contributed by atoms with Crippen molar-refractivity contribution >= 4 is 5.82 Å². The summed E-state index contributed by atoms with van der Waals surface area (Å²) in [4.78, 5) is 8.59. The number of nitrogens with one attached hydrogen (secondary N) is 1. The predicted molar refractivity (Wildman–Crippen MR) is 78.0 cm³/mol. The topological polar surface area (TPSA) is 56.3 Å². The van der Waals surface area contributed by atoms with Gasteiger partial charge in [-0.3, -0.25) is 0 Å². The molecule has 0 aliphatic carbocycles. The first-order valence-corrected chi connectivity index (χ1v) is 6.75. The van der Waals surface area contributed by atoms with Crippen LogP contribution in [0.15, 0.2) is 30.3 Å². The van der Waals surface area contributed by atoms with Crippen molar-refractivity contribution in [2.24, 2.45) is 0 Å². The van der Waals surface area contributed by atoms with Gasteiger partial charge >= 0.3 is 0 Å². The van der Waals surface area contributed by atoms with E-state index in [9.17, 15) is 4.39 Å². The predicted octanol–water partition coefficient (Wildman–Crippen LogP) is 3.38. The Morgan fingerprint density at radius 1 is 1.19 bits per heavy atom. The number of ether oxygens (including phenoxy) is 2. The van der Waals surface area contributed by atoms with Crippen LogP contribution in [0.25, 0.3) is 0 Å². The van der Waals surface area contributed by atoms with E-state index >= 15 is 0 Å². The molecule has 0 aliphatic rings. The summed E-state index contributed by atoms with van der Waals surface area (Å²) in [7, 11) is 1.58. The minimum absolute atomic E-state index is 0.293. The maximum Gasteiger partial charge on any atom is 0.224 e. The largest absolute Gasteiger partial charge is 0.439 e. The smallest absolute Gasteiger partial charge is 0.224 e. The van der Waals surface area contributed by atoms with Crippen molar-refractivity contribution in [2.45, 2.75) is 20.0 Å². The zero-order chi connectivity index (χ0) is 15.1. The van der Waals surface area contributed by atoms with E-state index in [1.807, 2.05) is 0 Å². The summed E-state index contributed by atoms with van der Waals surface area (Å²) >= 11 is 0. The number of anilines is 1. The number of rotatable bonds is 7. The Bertz CT molecular complexity index is 576. The van der Waals surface area contributed by atoms with Gasteiger partial charge in [0.15, 0.2) is 5.82 Å². The van der Waals surface area contributed by atoms with Gasteiger partial charge in [0.2, 0.25) is 5.88 Å². The maximum atomic E-state index is 12.9. The van der Waals surface area contributed by atoms with E-state index in [0.717, 1.165) is 13.0 Å². The molecular formula is C15H18FN3O2. The van der Waals surface area contributed by atoms with Crippen LogP contribution in [0.5, 0.6) is 11.6 Å². The van der Waals surface area contributed by atoms with E-state index < -0.39 is 0 Å². The van der Waals surface area contributed by atoms with Crippen LogP contribution in [-0.2, 0) is 11.3 Å². The zero-order valence-electron chi connectivity index (χ0n) is 12.1. The Morgan fingerprint density at radius 2 is 1.95 bits per heavy atom. The highest BCUT2D eigenvalue weighted by Gasteiger charge is 2.07. The van der Waals surface area contributed by atoms with Gasteiger partial charge in [0, 0.05) is 19.7 Å². The van der Waals surface area contributed by atoms with Crippen LogP contribution in [0.1, 0.15) is 19.2 Å². The second-order valence-electron chi connectivity index (χ2n) is 4.42. The number of halogens is 1. The Kier molecular flexibility index (Phi) is 5.45. The third kappa shape index (κ3) is 4.68. The number of nitrogens with zero attached hydrogens (tertiary/aromatic N) is 2. The van der Waals surface area contributed by atoms with E-state index in [1.165, 1.54) is 12.1 Å². The first kappa shape index (κ1) is 15.2. The van der Waals surface area contributed by atoms with Gasteiger partial charge in [0.25, 0.3) is 0 Å². The monoisotopic (exact) mass is 291 g/mol. The van der Waals surface area contributed by atoms with Crippen LogP contribution < -0.4 is 10.1 Å². The van der Waals surface area contributed by atoms with Crippen LogP contribution >= 0.6 is 0 Å². The second kappa shape index (κ2) is 7.54. The standard InChI is InChI=1S/C15H18FN3O2/c1-3-8-17-13-9-15(19-14(18-13)10-20-2)21-12-6-4-11(16)5-7-12/h4-7,9H,3,8,10H2,1-2H3,(H,17,18,19). The maximum absolute atomic E-state index is 12.9. The lowest BCUT2D eigenvalue weighted by Gasteiger charge is -2.10. The number of aromatic nitrogens is 2. The van der Waals surface area contributed by atoms with Gasteiger partial charge in [0.1, 0.15) is 24.0 Å². The van der Waals surface area contributed by atoms with E-state index in [2.05, 4.69) is 22.2 Å². The van der Waals surface area contributed by atoms with Crippen molar-refractivity contribution in [2.75, 3.05) is 19.0 Å². The molecule has 21 heavy (non-hydrogen) atoms. The SMILES string of the molecule is CCCNc1cc(Oc2ccc(F)cc2)nc(COC)n1. The molecule has 0 bridgehead atoms. The summed E-state index contributed by atoms with van der Waals surface area (Å²) in [6, 6.07) is 7.48. The van der Waals surface area contributed by atoms with E-state index in [-0.39, 0.29) is 5.82 Å². The summed E-state index contributed by atoms with van der Waals surface area (Å²) in [6.07, 6.45) is 0.984. The van der Waals surface area contributed by atoms with Crippen LogP contribution in [0.4, 0.5) is 10.2 Å². The van der Waals surface area contributed by atoms with Gasteiger partial charge in [0.05, 0.1) is 0 Å². The Balaban J connectivity index is 2.19. The molecule has 2 rings (SSSR count). The van der Waals surface area contributed by atoms with Gasteiger partial charge in [-0.1, -0.05) is 6.92 Å². The number of hydrogen-bond acceptors (Lipinski definition) is 5. The molecular weight excluding hydrogens is 273 g/mol. The lowest BCUT2D eigenvalue weighted by molar-refractivity contribution is 0.177. The fraction of sp³-hybridized carbons (Fsp3) is 0.333. The molecule has 1 aromatic carbocycles. The molecule has 0 aliphatic heterocycles. The molecule has 0 spiro atoms. The summed E-state index contributed by atoms with van der Waals surface area (Å²) in [5.74, 6) is 1.80. The first-order chi connectivity index (χ1) is 10.2. The minimum atomic E-state index is -0.310. The highest BCUT2D eigenvalue weighted by Crippen LogP contribution is 2.22. The second-order valence-corrected chi connectivity index (χ2v) is 4.42. The molecule has 112 valence electrons. The molecule has 0 fully saturated rings. The molecule has 1 heterocycles. The summed E-state index contributed by atoms with van der Waals surface area (Å²) in [6.45, 7) is 3.17. The normalized spacial score (nSPS) is 10.4. The molecule has 0 radical (unpaired) electrons.